The highest BCUT2D eigenvalue weighted by Crippen LogP contribution is 2.31. The summed E-state index contributed by atoms with van der Waals surface area (Å²) in [4.78, 5) is 9.28. The van der Waals surface area contributed by atoms with Crippen molar-refractivity contribution in [2.24, 2.45) is 0 Å². The van der Waals surface area contributed by atoms with Crippen LogP contribution in [0.3, 0.4) is 0 Å². The highest BCUT2D eigenvalue weighted by Gasteiger charge is 2.17. The van der Waals surface area contributed by atoms with Gasteiger partial charge in [-0.2, -0.15) is 5.26 Å². The number of benzene rings is 2. The van der Waals surface area contributed by atoms with E-state index in [1.54, 1.807) is 12.1 Å². The predicted molar refractivity (Wildman–Crippen MR) is 101 cm³/mol. The number of rotatable bonds is 3. The zero-order valence-electron chi connectivity index (χ0n) is 14.2. The van der Waals surface area contributed by atoms with Crippen LogP contribution in [-0.2, 0) is 0 Å². The van der Waals surface area contributed by atoms with Crippen LogP contribution in [0.2, 0.25) is 0 Å². The summed E-state index contributed by atoms with van der Waals surface area (Å²) < 4.78 is 0. The van der Waals surface area contributed by atoms with Gasteiger partial charge in [-0.25, -0.2) is 9.97 Å². The zero-order valence-corrected chi connectivity index (χ0v) is 14.2. The highest BCUT2D eigenvalue weighted by atomic mass is 16.3. The fourth-order valence-corrected chi connectivity index (χ4v) is 3.26. The molecule has 1 aliphatic rings. The Morgan fingerprint density at radius 2 is 2.08 bits per heavy atom. The van der Waals surface area contributed by atoms with E-state index in [2.05, 4.69) is 26.7 Å². The van der Waals surface area contributed by atoms with Crippen molar-refractivity contribution in [1.82, 2.24) is 15.3 Å². The number of aromatic nitrogens is 2. The Bertz CT molecular complexity index is 989. The molecular formula is C20H19N5O. The minimum Gasteiger partial charge on any atom is -0.507 e. The number of para-hydroxylation sites is 1. The third kappa shape index (κ3) is 3.17. The lowest BCUT2D eigenvalue weighted by Crippen LogP contribution is -2.38. The molecule has 0 bridgehead atoms. The maximum absolute atomic E-state index is 10.2. The van der Waals surface area contributed by atoms with Gasteiger partial charge >= 0.3 is 0 Å². The van der Waals surface area contributed by atoms with Crippen LogP contribution in [0.1, 0.15) is 18.4 Å². The summed E-state index contributed by atoms with van der Waals surface area (Å²) in [5.41, 5.74) is 1.71. The number of phenols is 1. The van der Waals surface area contributed by atoms with Crippen molar-refractivity contribution in [3.05, 3.63) is 48.0 Å². The van der Waals surface area contributed by atoms with Crippen molar-refractivity contribution in [2.75, 3.05) is 18.4 Å². The molecular weight excluding hydrogens is 326 g/mol. The fourth-order valence-electron chi connectivity index (χ4n) is 3.26. The molecule has 26 heavy (non-hydrogen) atoms. The van der Waals surface area contributed by atoms with Crippen molar-refractivity contribution >= 4 is 16.7 Å². The molecule has 130 valence electrons. The van der Waals surface area contributed by atoms with E-state index in [1.165, 1.54) is 6.07 Å². The van der Waals surface area contributed by atoms with Gasteiger partial charge in [0.2, 0.25) is 0 Å². The van der Waals surface area contributed by atoms with Gasteiger partial charge in [0.05, 0.1) is 22.7 Å². The second-order valence-corrected chi connectivity index (χ2v) is 6.44. The molecule has 2 heterocycles. The maximum Gasteiger partial charge on any atom is 0.165 e. The third-order valence-corrected chi connectivity index (χ3v) is 4.61. The first kappa shape index (κ1) is 16.3. The van der Waals surface area contributed by atoms with Crippen molar-refractivity contribution in [2.45, 2.75) is 18.9 Å². The number of hydrogen-bond donors (Lipinski definition) is 3. The first-order valence-corrected chi connectivity index (χ1v) is 8.72. The Morgan fingerprint density at radius 1 is 1.19 bits per heavy atom. The molecule has 1 aromatic heterocycles. The van der Waals surface area contributed by atoms with Crippen molar-refractivity contribution in [3.63, 3.8) is 0 Å². The molecule has 3 aromatic rings. The standard InChI is InChI=1S/C20H19N5O/c21-11-13-7-8-18(26)16(10-13)20-24-17-6-2-1-5-15(17)19(25-20)23-14-4-3-9-22-12-14/h1-2,5-8,10,14,22,26H,3-4,9,12H2,(H,23,24,25). The van der Waals surface area contributed by atoms with E-state index in [0.717, 1.165) is 42.7 Å². The number of fused-ring (bicyclic) bond motifs is 1. The van der Waals surface area contributed by atoms with E-state index in [9.17, 15) is 5.11 Å². The third-order valence-electron chi connectivity index (χ3n) is 4.61. The molecule has 0 saturated carbocycles. The van der Waals surface area contributed by atoms with Crippen LogP contribution in [0.15, 0.2) is 42.5 Å². The normalized spacial score (nSPS) is 17.0. The Balaban J connectivity index is 1.82. The molecule has 0 spiro atoms. The largest absolute Gasteiger partial charge is 0.507 e. The Labute approximate surface area is 151 Å². The van der Waals surface area contributed by atoms with Crippen molar-refractivity contribution in [3.8, 4) is 23.2 Å². The molecule has 4 rings (SSSR count). The minimum absolute atomic E-state index is 0.0598. The SMILES string of the molecule is N#Cc1ccc(O)c(-c2nc(NC3CCCNC3)c3ccccc3n2)c1. The molecule has 1 atom stereocenters. The molecule has 1 unspecified atom stereocenters. The van der Waals surface area contributed by atoms with Gasteiger partial charge in [0, 0.05) is 18.0 Å². The molecule has 0 aliphatic carbocycles. The van der Waals surface area contributed by atoms with Crippen LogP contribution in [0.25, 0.3) is 22.3 Å². The van der Waals surface area contributed by atoms with Gasteiger partial charge in [0.1, 0.15) is 11.6 Å². The van der Waals surface area contributed by atoms with Gasteiger partial charge in [0.25, 0.3) is 0 Å². The summed E-state index contributed by atoms with van der Waals surface area (Å²) in [6.07, 6.45) is 2.20. The van der Waals surface area contributed by atoms with Gasteiger partial charge in [0.15, 0.2) is 5.82 Å². The monoisotopic (exact) mass is 345 g/mol. The number of piperidine rings is 1. The predicted octanol–water partition coefficient (Wildman–Crippen LogP) is 3.04. The number of hydrogen-bond acceptors (Lipinski definition) is 6. The first-order chi connectivity index (χ1) is 12.7. The lowest BCUT2D eigenvalue weighted by Gasteiger charge is -2.25. The van der Waals surface area contributed by atoms with E-state index < -0.39 is 0 Å². The topological polar surface area (TPSA) is 93.9 Å². The van der Waals surface area contributed by atoms with Crippen LogP contribution < -0.4 is 10.6 Å². The van der Waals surface area contributed by atoms with Crippen LogP contribution in [0, 0.1) is 11.3 Å². The second-order valence-electron chi connectivity index (χ2n) is 6.44. The number of phenolic OH excluding ortho intramolecular Hbond substituents is 1. The molecule has 2 aromatic carbocycles. The molecule has 1 aliphatic heterocycles. The molecule has 1 saturated heterocycles. The molecule has 0 radical (unpaired) electrons. The number of nitrogens with one attached hydrogen (secondary N) is 2. The molecule has 6 heteroatoms. The van der Waals surface area contributed by atoms with Crippen LogP contribution >= 0.6 is 0 Å². The average Bonchev–Trinajstić information content (AvgIpc) is 2.69. The van der Waals surface area contributed by atoms with Gasteiger partial charge < -0.3 is 15.7 Å². The fraction of sp³-hybridized carbons (Fsp3) is 0.250. The summed E-state index contributed by atoms with van der Waals surface area (Å²) in [5, 5.41) is 27.3. The first-order valence-electron chi connectivity index (χ1n) is 8.72. The lowest BCUT2D eigenvalue weighted by molar-refractivity contribution is 0.476. The van der Waals surface area contributed by atoms with Gasteiger partial charge in [-0.1, -0.05) is 12.1 Å². The number of nitrogens with zero attached hydrogens (tertiary/aromatic N) is 3. The second kappa shape index (κ2) is 6.98. The van der Waals surface area contributed by atoms with Crippen LogP contribution in [0.4, 0.5) is 5.82 Å². The van der Waals surface area contributed by atoms with Gasteiger partial charge in [-0.05, 0) is 49.7 Å². The van der Waals surface area contributed by atoms with Crippen molar-refractivity contribution in [1.29, 1.82) is 5.26 Å². The van der Waals surface area contributed by atoms with E-state index in [0.29, 0.717) is 23.0 Å². The van der Waals surface area contributed by atoms with Gasteiger partial charge in [-0.15, -0.1) is 0 Å². The molecule has 3 N–H and O–H groups in total. The quantitative estimate of drug-likeness (QED) is 0.675. The summed E-state index contributed by atoms with van der Waals surface area (Å²) in [7, 11) is 0. The highest BCUT2D eigenvalue weighted by molar-refractivity contribution is 5.91. The summed E-state index contributed by atoms with van der Waals surface area (Å²) in [5.74, 6) is 1.22. The average molecular weight is 345 g/mol. The summed E-state index contributed by atoms with van der Waals surface area (Å²) >= 11 is 0. The molecule has 1 fully saturated rings. The minimum atomic E-state index is 0.0598. The van der Waals surface area contributed by atoms with E-state index >= 15 is 0 Å². The molecule has 6 nitrogen and oxygen atoms in total. The zero-order chi connectivity index (χ0) is 17.9. The van der Waals surface area contributed by atoms with Crippen LogP contribution in [-0.4, -0.2) is 34.2 Å². The van der Waals surface area contributed by atoms with Crippen LogP contribution in [0.5, 0.6) is 5.75 Å². The smallest absolute Gasteiger partial charge is 0.165 e. The molecule has 0 amide bonds. The van der Waals surface area contributed by atoms with Crippen molar-refractivity contribution < 1.29 is 5.11 Å². The number of anilines is 1. The summed E-state index contributed by atoms with van der Waals surface area (Å²) in [6.45, 7) is 1.94. The van der Waals surface area contributed by atoms with E-state index in [-0.39, 0.29) is 5.75 Å². The Hall–Kier alpha value is -3.17. The number of aromatic hydroxyl groups is 1. The number of nitriles is 1. The van der Waals surface area contributed by atoms with E-state index in [1.807, 2.05) is 24.3 Å². The Kier molecular flexibility index (Phi) is 4.38. The maximum atomic E-state index is 10.2. The summed E-state index contributed by atoms with van der Waals surface area (Å²) in [6, 6.07) is 14.9. The van der Waals surface area contributed by atoms with Gasteiger partial charge in [-0.3, -0.25) is 0 Å². The Morgan fingerprint density at radius 3 is 2.88 bits per heavy atom. The lowest BCUT2D eigenvalue weighted by atomic mass is 10.1. The van der Waals surface area contributed by atoms with E-state index in [4.69, 9.17) is 5.26 Å².